The summed E-state index contributed by atoms with van der Waals surface area (Å²) in [5.41, 5.74) is 2.84. The summed E-state index contributed by atoms with van der Waals surface area (Å²) in [6.07, 6.45) is 0.0810. The number of nitrogens with one attached hydrogen (secondary N) is 1. The second kappa shape index (κ2) is 6.53. The van der Waals surface area contributed by atoms with Crippen molar-refractivity contribution >= 4 is 0 Å². The fourth-order valence-electron chi connectivity index (χ4n) is 2.19. The zero-order valence-corrected chi connectivity index (χ0v) is 12.1. The van der Waals surface area contributed by atoms with E-state index in [4.69, 9.17) is 4.74 Å². The lowest BCUT2D eigenvalue weighted by Crippen LogP contribution is -2.09. The van der Waals surface area contributed by atoms with Crippen LogP contribution in [0.15, 0.2) is 42.5 Å². The molecule has 2 rings (SSSR count). The predicted octanol–water partition coefficient (Wildman–Crippen LogP) is 4.00. The highest BCUT2D eigenvalue weighted by molar-refractivity contribution is 5.73. The van der Waals surface area contributed by atoms with E-state index in [0.29, 0.717) is 6.54 Å². The molecule has 0 saturated heterocycles. The molecule has 0 radical (unpaired) electrons. The van der Waals surface area contributed by atoms with Gasteiger partial charge in [0.15, 0.2) is 0 Å². The Morgan fingerprint density at radius 2 is 1.85 bits per heavy atom. The molecule has 0 aliphatic heterocycles. The molecule has 20 heavy (non-hydrogen) atoms. The van der Waals surface area contributed by atoms with Crippen LogP contribution >= 0.6 is 0 Å². The molecule has 2 aromatic rings. The van der Waals surface area contributed by atoms with Gasteiger partial charge in [-0.3, -0.25) is 0 Å². The Labute approximate surface area is 119 Å². The van der Waals surface area contributed by atoms with Gasteiger partial charge in [-0.15, -0.1) is 0 Å². The maximum Gasteiger partial charge on any atom is 0.127 e. The lowest BCUT2D eigenvalue weighted by atomic mass is 9.98. The van der Waals surface area contributed by atoms with E-state index in [9.17, 15) is 4.39 Å². The Hall–Kier alpha value is -1.87. The molecule has 0 amide bonds. The summed E-state index contributed by atoms with van der Waals surface area (Å²) < 4.78 is 19.4. The van der Waals surface area contributed by atoms with Gasteiger partial charge in [0.2, 0.25) is 0 Å². The van der Waals surface area contributed by atoms with Crippen molar-refractivity contribution in [1.82, 2.24) is 5.32 Å². The summed E-state index contributed by atoms with van der Waals surface area (Å²) in [6, 6.07) is 12.6. The van der Waals surface area contributed by atoms with Crippen LogP contribution < -0.4 is 10.1 Å². The molecule has 2 nitrogen and oxygen atoms in total. The number of benzene rings is 2. The number of hydrogen-bond acceptors (Lipinski definition) is 2. The third-order valence-corrected chi connectivity index (χ3v) is 2.98. The maximum absolute atomic E-state index is 13.6. The summed E-state index contributed by atoms with van der Waals surface area (Å²) in [4.78, 5) is 0. The number of rotatable bonds is 5. The molecule has 3 heteroatoms. The molecule has 0 atom stereocenters. The smallest absolute Gasteiger partial charge is 0.127 e. The van der Waals surface area contributed by atoms with Crippen molar-refractivity contribution in [2.45, 2.75) is 26.5 Å². The molecular formula is C17H20FNO. The number of para-hydroxylation sites is 1. The molecule has 0 bridgehead atoms. The topological polar surface area (TPSA) is 21.3 Å². The van der Waals surface area contributed by atoms with Crippen LogP contribution in [0.4, 0.5) is 4.39 Å². The van der Waals surface area contributed by atoms with E-state index in [2.05, 4.69) is 5.32 Å². The average molecular weight is 273 g/mol. The predicted molar refractivity (Wildman–Crippen MR) is 80.4 cm³/mol. The molecule has 0 saturated carbocycles. The lowest BCUT2D eigenvalue weighted by molar-refractivity contribution is 0.243. The molecule has 0 unspecified atom stereocenters. The first kappa shape index (κ1) is 14.5. The summed E-state index contributed by atoms with van der Waals surface area (Å²) in [5.74, 6) is 0.546. The highest BCUT2D eigenvalue weighted by Gasteiger charge is 2.12. The maximum atomic E-state index is 13.6. The summed E-state index contributed by atoms with van der Waals surface area (Å²) in [7, 11) is 1.88. The Bertz CT molecular complexity index is 581. The van der Waals surface area contributed by atoms with Crippen LogP contribution in [0.3, 0.4) is 0 Å². The van der Waals surface area contributed by atoms with E-state index < -0.39 is 0 Å². The quantitative estimate of drug-likeness (QED) is 0.889. The first-order valence-electron chi connectivity index (χ1n) is 6.81. The van der Waals surface area contributed by atoms with Crippen LogP contribution in [-0.4, -0.2) is 13.2 Å². The molecule has 0 aromatic heterocycles. The van der Waals surface area contributed by atoms with E-state index in [1.54, 1.807) is 6.07 Å². The van der Waals surface area contributed by atoms with Gasteiger partial charge in [0.25, 0.3) is 0 Å². The zero-order chi connectivity index (χ0) is 14.5. The van der Waals surface area contributed by atoms with Gasteiger partial charge in [0, 0.05) is 12.1 Å². The third-order valence-electron chi connectivity index (χ3n) is 2.98. The average Bonchev–Trinajstić information content (AvgIpc) is 2.41. The van der Waals surface area contributed by atoms with Crippen molar-refractivity contribution in [3.05, 3.63) is 53.8 Å². The minimum Gasteiger partial charge on any atom is -0.490 e. The van der Waals surface area contributed by atoms with E-state index in [-0.39, 0.29) is 11.9 Å². The lowest BCUT2D eigenvalue weighted by Gasteiger charge is -2.16. The van der Waals surface area contributed by atoms with E-state index >= 15 is 0 Å². The minimum absolute atomic E-state index is 0.0810. The van der Waals surface area contributed by atoms with Crippen LogP contribution in [-0.2, 0) is 6.54 Å². The van der Waals surface area contributed by atoms with Gasteiger partial charge in [-0.1, -0.05) is 24.3 Å². The molecule has 0 aliphatic rings. The van der Waals surface area contributed by atoms with Gasteiger partial charge in [0.1, 0.15) is 11.6 Å². The fraction of sp³-hybridized carbons (Fsp3) is 0.294. The van der Waals surface area contributed by atoms with Crippen LogP contribution in [0.25, 0.3) is 11.1 Å². The van der Waals surface area contributed by atoms with E-state index in [0.717, 1.165) is 22.4 Å². The SMILES string of the molecule is CNCc1ccc(F)cc1-c1ccccc1OC(C)C. The van der Waals surface area contributed by atoms with Gasteiger partial charge >= 0.3 is 0 Å². The van der Waals surface area contributed by atoms with Gasteiger partial charge in [0.05, 0.1) is 6.10 Å². The molecule has 0 heterocycles. The summed E-state index contributed by atoms with van der Waals surface area (Å²) >= 11 is 0. The Morgan fingerprint density at radius 1 is 1.10 bits per heavy atom. The second-order valence-electron chi connectivity index (χ2n) is 4.99. The Kier molecular flexibility index (Phi) is 4.74. The van der Waals surface area contributed by atoms with Crippen LogP contribution in [0.2, 0.25) is 0 Å². The first-order valence-corrected chi connectivity index (χ1v) is 6.81. The summed E-state index contributed by atoms with van der Waals surface area (Å²) in [5, 5.41) is 3.11. The number of ether oxygens (including phenoxy) is 1. The zero-order valence-electron chi connectivity index (χ0n) is 12.1. The molecule has 0 aliphatic carbocycles. The van der Waals surface area contributed by atoms with Crippen LogP contribution in [0.1, 0.15) is 19.4 Å². The van der Waals surface area contributed by atoms with Gasteiger partial charge in [-0.2, -0.15) is 0 Å². The molecule has 106 valence electrons. The van der Waals surface area contributed by atoms with Crippen LogP contribution in [0.5, 0.6) is 5.75 Å². The van der Waals surface area contributed by atoms with Crippen molar-refractivity contribution in [2.24, 2.45) is 0 Å². The van der Waals surface area contributed by atoms with Gasteiger partial charge in [-0.25, -0.2) is 4.39 Å². The Morgan fingerprint density at radius 3 is 2.55 bits per heavy atom. The molecule has 0 fully saturated rings. The third kappa shape index (κ3) is 3.36. The molecular weight excluding hydrogens is 253 g/mol. The van der Waals surface area contributed by atoms with Gasteiger partial charge in [-0.05, 0) is 50.2 Å². The van der Waals surface area contributed by atoms with E-state index in [1.165, 1.54) is 6.07 Å². The van der Waals surface area contributed by atoms with Crippen molar-refractivity contribution in [1.29, 1.82) is 0 Å². The number of hydrogen-bond donors (Lipinski definition) is 1. The molecule has 1 N–H and O–H groups in total. The van der Waals surface area contributed by atoms with Crippen molar-refractivity contribution < 1.29 is 9.13 Å². The first-order chi connectivity index (χ1) is 9.61. The van der Waals surface area contributed by atoms with Crippen molar-refractivity contribution in [3.63, 3.8) is 0 Å². The Balaban J connectivity index is 2.52. The summed E-state index contributed by atoms with van der Waals surface area (Å²) in [6.45, 7) is 4.65. The van der Waals surface area contributed by atoms with Crippen molar-refractivity contribution in [2.75, 3.05) is 7.05 Å². The second-order valence-corrected chi connectivity index (χ2v) is 4.99. The van der Waals surface area contributed by atoms with Gasteiger partial charge < -0.3 is 10.1 Å². The monoisotopic (exact) mass is 273 g/mol. The highest BCUT2D eigenvalue weighted by Crippen LogP contribution is 2.33. The number of halogens is 1. The normalized spacial score (nSPS) is 10.8. The molecule has 0 spiro atoms. The fourth-order valence-corrected chi connectivity index (χ4v) is 2.19. The molecule has 2 aromatic carbocycles. The van der Waals surface area contributed by atoms with Crippen LogP contribution in [0, 0.1) is 5.82 Å². The minimum atomic E-state index is -0.237. The highest BCUT2D eigenvalue weighted by atomic mass is 19.1. The van der Waals surface area contributed by atoms with E-state index in [1.807, 2.05) is 51.2 Å². The standard InChI is InChI=1S/C17H20FNO/c1-12(2)20-17-7-5-4-6-15(17)16-10-14(18)9-8-13(16)11-19-3/h4-10,12,19H,11H2,1-3H3. The largest absolute Gasteiger partial charge is 0.490 e. The van der Waals surface area contributed by atoms with Crippen molar-refractivity contribution in [3.8, 4) is 16.9 Å².